The normalized spacial score (nSPS) is 11.7. The SMILES string of the molecule is COc1ccc(OC)c(C(O)CNC(=O)c2ccc(-n3ccnc3SC)cc2)c1. The third-order valence-electron chi connectivity index (χ3n) is 4.45. The third kappa shape index (κ3) is 4.72. The minimum absolute atomic E-state index is 0.0439. The van der Waals surface area contributed by atoms with E-state index in [1.165, 1.54) is 7.11 Å². The Bertz CT molecular complexity index is 972. The van der Waals surface area contributed by atoms with Gasteiger partial charge < -0.3 is 19.9 Å². The monoisotopic (exact) mass is 413 g/mol. The molecule has 1 atom stereocenters. The van der Waals surface area contributed by atoms with Crippen molar-refractivity contribution in [2.75, 3.05) is 27.0 Å². The van der Waals surface area contributed by atoms with Gasteiger partial charge in [0.05, 0.1) is 14.2 Å². The molecule has 0 radical (unpaired) electrons. The van der Waals surface area contributed by atoms with Crippen LogP contribution >= 0.6 is 11.8 Å². The Kier molecular flexibility index (Phi) is 6.79. The number of benzene rings is 2. The number of imidazole rings is 1. The number of amides is 1. The number of aromatic nitrogens is 2. The molecule has 0 fully saturated rings. The van der Waals surface area contributed by atoms with Crippen molar-refractivity contribution in [1.82, 2.24) is 14.9 Å². The minimum atomic E-state index is -0.932. The second-order valence-corrected chi connectivity index (χ2v) is 6.94. The van der Waals surface area contributed by atoms with E-state index < -0.39 is 6.10 Å². The molecule has 0 saturated heterocycles. The number of rotatable bonds is 8. The van der Waals surface area contributed by atoms with Gasteiger partial charge in [0.15, 0.2) is 5.16 Å². The van der Waals surface area contributed by atoms with Crippen LogP contribution in [0.1, 0.15) is 22.0 Å². The molecular weight excluding hydrogens is 390 g/mol. The Hall–Kier alpha value is -2.97. The van der Waals surface area contributed by atoms with Crippen LogP contribution in [0.15, 0.2) is 60.0 Å². The highest BCUT2D eigenvalue weighted by molar-refractivity contribution is 7.98. The van der Waals surface area contributed by atoms with Crippen LogP contribution in [0.25, 0.3) is 5.69 Å². The highest BCUT2D eigenvalue weighted by Crippen LogP contribution is 2.29. The number of aliphatic hydroxyl groups excluding tert-OH is 1. The quantitative estimate of drug-likeness (QED) is 0.552. The summed E-state index contributed by atoms with van der Waals surface area (Å²) < 4.78 is 12.4. The molecule has 0 aliphatic carbocycles. The molecule has 1 aromatic heterocycles. The van der Waals surface area contributed by atoms with Gasteiger partial charge in [0, 0.05) is 35.8 Å². The van der Waals surface area contributed by atoms with E-state index in [1.807, 2.05) is 29.2 Å². The zero-order chi connectivity index (χ0) is 20.8. The highest BCUT2D eigenvalue weighted by atomic mass is 32.2. The maximum Gasteiger partial charge on any atom is 0.251 e. The summed E-state index contributed by atoms with van der Waals surface area (Å²) in [7, 11) is 3.08. The lowest BCUT2D eigenvalue weighted by atomic mass is 10.1. The van der Waals surface area contributed by atoms with Crippen molar-refractivity contribution in [3.05, 3.63) is 66.0 Å². The van der Waals surface area contributed by atoms with Crippen LogP contribution in [-0.2, 0) is 0 Å². The van der Waals surface area contributed by atoms with Crippen molar-refractivity contribution in [2.45, 2.75) is 11.3 Å². The fraction of sp³-hybridized carbons (Fsp3) is 0.238. The molecular formula is C21H23N3O4S. The van der Waals surface area contributed by atoms with Gasteiger partial charge in [-0.25, -0.2) is 4.98 Å². The fourth-order valence-corrected chi connectivity index (χ4v) is 3.44. The second kappa shape index (κ2) is 9.49. The Labute approximate surface area is 173 Å². The zero-order valence-corrected chi connectivity index (χ0v) is 17.3. The van der Waals surface area contributed by atoms with Gasteiger partial charge in [-0.1, -0.05) is 11.8 Å². The smallest absolute Gasteiger partial charge is 0.251 e. The molecule has 3 rings (SSSR count). The fourth-order valence-electron chi connectivity index (χ4n) is 2.91. The number of thioether (sulfide) groups is 1. The van der Waals surface area contributed by atoms with E-state index in [0.29, 0.717) is 22.6 Å². The van der Waals surface area contributed by atoms with Crippen molar-refractivity contribution in [3.63, 3.8) is 0 Å². The molecule has 2 aromatic carbocycles. The summed E-state index contributed by atoms with van der Waals surface area (Å²) >= 11 is 1.55. The molecule has 0 spiro atoms. The Morgan fingerprint density at radius 3 is 2.62 bits per heavy atom. The minimum Gasteiger partial charge on any atom is -0.497 e. The molecule has 7 nitrogen and oxygen atoms in total. The van der Waals surface area contributed by atoms with Crippen LogP contribution in [0.2, 0.25) is 0 Å². The summed E-state index contributed by atoms with van der Waals surface area (Å²) in [5.74, 6) is 0.862. The first-order valence-corrected chi connectivity index (χ1v) is 10.2. The predicted octanol–water partition coefficient (Wildman–Crippen LogP) is 3.07. The van der Waals surface area contributed by atoms with E-state index in [-0.39, 0.29) is 12.5 Å². The summed E-state index contributed by atoms with van der Waals surface area (Å²) in [5.41, 5.74) is 1.97. The number of nitrogens with zero attached hydrogens (tertiary/aromatic N) is 2. The van der Waals surface area contributed by atoms with Crippen molar-refractivity contribution < 1.29 is 19.4 Å². The summed E-state index contributed by atoms with van der Waals surface area (Å²) in [6, 6.07) is 12.4. The lowest BCUT2D eigenvalue weighted by molar-refractivity contribution is 0.0914. The van der Waals surface area contributed by atoms with Gasteiger partial charge in [0.25, 0.3) is 5.91 Å². The van der Waals surface area contributed by atoms with Gasteiger partial charge in [-0.05, 0) is 48.7 Å². The molecule has 1 heterocycles. The molecule has 0 aliphatic rings. The van der Waals surface area contributed by atoms with Gasteiger partial charge in [0.2, 0.25) is 0 Å². The molecule has 8 heteroatoms. The van der Waals surface area contributed by atoms with Gasteiger partial charge in [0.1, 0.15) is 17.6 Å². The number of aliphatic hydroxyl groups is 1. The zero-order valence-electron chi connectivity index (χ0n) is 16.5. The number of hydrogen-bond donors (Lipinski definition) is 2. The van der Waals surface area contributed by atoms with E-state index in [2.05, 4.69) is 10.3 Å². The van der Waals surface area contributed by atoms with Crippen LogP contribution in [0.5, 0.6) is 11.5 Å². The number of carbonyl (C=O) groups excluding carboxylic acids is 1. The molecule has 0 aliphatic heterocycles. The molecule has 0 bridgehead atoms. The molecule has 2 N–H and O–H groups in total. The van der Waals surface area contributed by atoms with E-state index in [4.69, 9.17) is 9.47 Å². The largest absolute Gasteiger partial charge is 0.497 e. The molecule has 29 heavy (non-hydrogen) atoms. The van der Waals surface area contributed by atoms with E-state index in [0.717, 1.165) is 10.8 Å². The van der Waals surface area contributed by atoms with Crippen molar-refractivity contribution in [3.8, 4) is 17.2 Å². The number of nitrogens with one attached hydrogen (secondary N) is 1. The van der Waals surface area contributed by atoms with Crippen molar-refractivity contribution in [2.24, 2.45) is 0 Å². The number of ether oxygens (including phenoxy) is 2. The van der Waals surface area contributed by atoms with Gasteiger partial charge in [-0.2, -0.15) is 0 Å². The average Bonchev–Trinajstić information content (AvgIpc) is 3.25. The van der Waals surface area contributed by atoms with Crippen LogP contribution in [-0.4, -0.2) is 47.6 Å². The molecule has 1 unspecified atom stereocenters. The second-order valence-electron chi connectivity index (χ2n) is 6.16. The third-order valence-corrected chi connectivity index (χ3v) is 5.12. The Morgan fingerprint density at radius 2 is 1.97 bits per heavy atom. The lowest BCUT2D eigenvalue weighted by Crippen LogP contribution is -2.28. The number of methoxy groups -OCH3 is 2. The average molecular weight is 413 g/mol. The molecule has 3 aromatic rings. The van der Waals surface area contributed by atoms with E-state index in [9.17, 15) is 9.90 Å². The summed E-state index contributed by atoms with van der Waals surface area (Å²) in [5, 5.41) is 14.1. The van der Waals surface area contributed by atoms with Crippen molar-refractivity contribution in [1.29, 1.82) is 0 Å². The van der Waals surface area contributed by atoms with E-state index in [1.54, 1.807) is 55.4 Å². The van der Waals surface area contributed by atoms with Gasteiger partial charge in [-0.3, -0.25) is 9.36 Å². The van der Waals surface area contributed by atoms with Gasteiger partial charge >= 0.3 is 0 Å². The lowest BCUT2D eigenvalue weighted by Gasteiger charge is -2.16. The Morgan fingerprint density at radius 1 is 1.21 bits per heavy atom. The maximum atomic E-state index is 12.5. The summed E-state index contributed by atoms with van der Waals surface area (Å²) in [6.45, 7) is 0.0439. The Balaban J connectivity index is 1.66. The van der Waals surface area contributed by atoms with E-state index >= 15 is 0 Å². The highest BCUT2D eigenvalue weighted by Gasteiger charge is 2.16. The van der Waals surface area contributed by atoms with Crippen LogP contribution < -0.4 is 14.8 Å². The topological polar surface area (TPSA) is 85.6 Å². The predicted molar refractivity (Wildman–Crippen MR) is 112 cm³/mol. The van der Waals surface area contributed by atoms with Crippen LogP contribution in [0, 0.1) is 0 Å². The summed E-state index contributed by atoms with van der Waals surface area (Å²) in [4.78, 5) is 16.7. The molecule has 152 valence electrons. The van der Waals surface area contributed by atoms with Crippen molar-refractivity contribution >= 4 is 17.7 Å². The molecule has 1 amide bonds. The molecule has 0 saturated carbocycles. The number of hydrogen-bond acceptors (Lipinski definition) is 6. The number of carbonyl (C=O) groups is 1. The van der Waals surface area contributed by atoms with Crippen LogP contribution in [0.4, 0.5) is 0 Å². The first-order valence-electron chi connectivity index (χ1n) is 8.93. The van der Waals surface area contributed by atoms with Crippen LogP contribution in [0.3, 0.4) is 0 Å². The maximum absolute atomic E-state index is 12.5. The first-order chi connectivity index (χ1) is 14.1. The first kappa shape index (κ1) is 20.8. The summed E-state index contributed by atoms with van der Waals surface area (Å²) in [6.07, 6.45) is 4.64. The standard InChI is InChI=1S/C21H23N3O4S/c1-27-16-8-9-19(28-2)17(12-16)18(25)13-23-20(26)14-4-6-15(7-5-14)24-11-10-22-21(24)29-3/h4-12,18,25H,13H2,1-3H3,(H,23,26). The van der Waals surface area contributed by atoms with Gasteiger partial charge in [-0.15, -0.1) is 0 Å².